The molecule has 0 saturated heterocycles. The van der Waals surface area contributed by atoms with E-state index in [1.807, 2.05) is 6.07 Å². The monoisotopic (exact) mass is 347 g/mol. The molecule has 2 heterocycles. The normalized spacial score (nSPS) is 14.7. The number of hydrogen-bond donors (Lipinski definition) is 1. The summed E-state index contributed by atoms with van der Waals surface area (Å²) in [6.07, 6.45) is -0.992. The second-order valence-corrected chi connectivity index (χ2v) is 6.45. The average Bonchev–Trinajstić information content (AvgIpc) is 2.85. The van der Waals surface area contributed by atoms with Gasteiger partial charge >= 0.3 is 0 Å². The third kappa shape index (κ3) is 3.96. The third-order valence-corrected chi connectivity index (χ3v) is 3.86. The van der Waals surface area contributed by atoms with Crippen LogP contribution in [0.4, 0.5) is 0 Å². The van der Waals surface area contributed by atoms with Crippen molar-refractivity contribution in [1.82, 2.24) is 14.8 Å². The van der Waals surface area contributed by atoms with Gasteiger partial charge in [-0.25, -0.2) is 9.67 Å². The van der Waals surface area contributed by atoms with Gasteiger partial charge in [-0.2, -0.15) is 10.4 Å². The zero-order valence-electron chi connectivity index (χ0n) is 13.4. The Morgan fingerprint density at radius 2 is 2.25 bits per heavy atom. The smallest absolute Gasteiger partial charge is 0.265 e. The highest BCUT2D eigenvalue weighted by molar-refractivity contribution is 7.44. The molecule has 0 bridgehead atoms. The van der Waals surface area contributed by atoms with E-state index in [4.69, 9.17) is 10.2 Å². The van der Waals surface area contributed by atoms with Gasteiger partial charge in [0, 0.05) is 11.3 Å². The predicted molar refractivity (Wildman–Crippen MR) is 84.8 cm³/mol. The molecule has 2 rings (SSSR count). The van der Waals surface area contributed by atoms with E-state index in [0.717, 1.165) is 0 Å². The lowest BCUT2D eigenvalue weighted by molar-refractivity contribution is -0.223. The first-order chi connectivity index (χ1) is 11.1. The first-order valence-electron chi connectivity index (χ1n) is 6.98. The molecule has 1 unspecified atom stereocenters. The molecule has 0 radical (unpaired) electrons. The van der Waals surface area contributed by atoms with Crippen LogP contribution in [0.2, 0.25) is 0 Å². The zero-order valence-corrected chi connectivity index (χ0v) is 14.3. The first kappa shape index (κ1) is 18.0. The minimum Gasteiger partial charge on any atom is -0.756 e. The van der Waals surface area contributed by atoms with Gasteiger partial charge in [-0.1, -0.05) is 12.6 Å². The van der Waals surface area contributed by atoms with Gasteiger partial charge in [0.2, 0.25) is 0 Å². The molecule has 126 valence electrons. The van der Waals surface area contributed by atoms with Crippen LogP contribution in [0.3, 0.4) is 0 Å². The van der Waals surface area contributed by atoms with Crippen LogP contribution in [-0.4, -0.2) is 19.7 Å². The molecule has 0 amide bonds. The van der Waals surface area contributed by atoms with Crippen molar-refractivity contribution in [1.29, 1.82) is 5.26 Å². The van der Waals surface area contributed by atoms with Gasteiger partial charge in [0.05, 0.1) is 11.8 Å². The summed E-state index contributed by atoms with van der Waals surface area (Å²) in [7, 11) is -4.92. The Hall–Kier alpha value is -2.30. The molecule has 0 aromatic carbocycles. The van der Waals surface area contributed by atoms with Crippen molar-refractivity contribution in [3.05, 3.63) is 47.4 Å². The second kappa shape index (κ2) is 6.67. The number of allylic oxidation sites excluding steroid dienone is 1. The molecule has 24 heavy (non-hydrogen) atoms. The van der Waals surface area contributed by atoms with Gasteiger partial charge in [-0.05, 0) is 38.5 Å². The van der Waals surface area contributed by atoms with Gasteiger partial charge < -0.3 is 14.3 Å². The highest BCUT2D eigenvalue weighted by atomic mass is 31.2. The van der Waals surface area contributed by atoms with Crippen molar-refractivity contribution in [2.24, 2.45) is 0 Å². The van der Waals surface area contributed by atoms with Crippen LogP contribution >= 0.6 is 7.82 Å². The SMILES string of the molecule is C=C(C)c1ccc([C@H](C)OP(=O)([O-])O)c(-n2nc(C#N)cc2C)n1. The van der Waals surface area contributed by atoms with E-state index in [9.17, 15) is 9.46 Å². The Morgan fingerprint density at radius 1 is 1.58 bits per heavy atom. The summed E-state index contributed by atoms with van der Waals surface area (Å²) in [5, 5.41) is 13.1. The molecule has 9 heteroatoms. The number of phosphoric acid groups is 1. The summed E-state index contributed by atoms with van der Waals surface area (Å²) >= 11 is 0. The summed E-state index contributed by atoms with van der Waals surface area (Å²) in [6.45, 7) is 8.81. The summed E-state index contributed by atoms with van der Waals surface area (Å²) in [5.74, 6) is 0.301. The molecule has 2 aromatic heterocycles. The van der Waals surface area contributed by atoms with Crippen LogP contribution in [0.25, 0.3) is 11.4 Å². The summed E-state index contributed by atoms with van der Waals surface area (Å²) < 4.78 is 17.1. The maximum absolute atomic E-state index is 11.0. The van der Waals surface area contributed by atoms with Crippen molar-refractivity contribution in [2.75, 3.05) is 0 Å². The van der Waals surface area contributed by atoms with E-state index in [0.29, 0.717) is 28.3 Å². The summed E-state index contributed by atoms with van der Waals surface area (Å²) in [6, 6.07) is 6.81. The van der Waals surface area contributed by atoms with Crippen LogP contribution < -0.4 is 4.89 Å². The van der Waals surface area contributed by atoms with Gasteiger partial charge in [0.15, 0.2) is 11.5 Å². The lowest BCUT2D eigenvalue weighted by atomic mass is 10.1. The number of phosphoric ester groups is 1. The number of hydrogen-bond acceptors (Lipinski definition) is 6. The van der Waals surface area contributed by atoms with Gasteiger partial charge in [-0.15, -0.1) is 0 Å². The van der Waals surface area contributed by atoms with E-state index in [1.165, 1.54) is 11.6 Å². The number of nitriles is 1. The van der Waals surface area contributed by atoms with Crippen molar-refractivity contribution < 1.29 is 18.9 Å². The summed E-state index contributed by atoms with van der Waals surface area (Å²) in [4.78, 5) is 24.4. The van der Waals surface area contributed by atoms with E-state index >= 15 is 0 Å². The lowest BCUT2D eigenvalue weighted by Crippen LogP contribution is -2.13. The van der Waals surface area contributed by atoms with Crippen molar-refractivity contribution in [3.63, 3.8) is 0 Å². The number of nitrogens with zero attached hydrogens (tertiary/aromatic N) is 4. The zero-order chi connectivity index (χ0) is 18.1. The summed E-state index contributed by atoms with van der Waals surface area (Å²) in [5.41, 5.74) is 2.52. The Kier molecular flexibility index (Phi) is 5.02. The highest BCUT2D eigenvalue weighted by Gasteiger charge is 2.20. The number of pyridine rings is 1. The molecule has 2 atom stereocenters. The number of rotatable bonds is 5. The predicted octanol–water partition coefficient (Wildman–Crippen LogP) is 2.02. The fourth-order valence-corrected chi connectivity index (χ4v) is 2.70. The van der Waals surface area contributed by atoms with Crippen molar-refractivity contribution in [3.8, 4) is 11.9 Å². The van der Waals surface area contributed by atoms with Crippen LogP contribution in [0.5, 0.6) is 0 Å². The maximum Gasteiger partial charge on any atom is 0.265 e. The fraction of sp³-hybridized carbons (Fsp3) is 0.267. The van der Waals surface area contributed by atoms with Crippen LogP contribution in [0.15, 0.2) is 24.8 Å². The fourth-order valence-electron chi connectivity index (χ4n) is 2.18. The molecule has 0 aliphatic rings. The van der Waals surface area contributed by atoms with E-state index in [1.54, 1.807) is 32.0 Å². The average molecular weight is 347 g/mol. The minimum absolute atomic E-state index is 0.200. The van der Waals surface area contributed by atoms with E-state index in [2.05, 4.69) is 21.2 Å². The molecule has 1 N–H and O–H groups in total. The van der Waals surface area contributed by atoms with Gasteiger partial charge in [0.25, 0.3) is 7.82 Å². The largest absolute Gasteiger partial charge is 0.756 e. The highest BCUT2D eigenvalue weighted by Crippen LogP contribution is 2.39. The number of aryl methyl sites for hydroxylation is 1. The second-order valence-electron chi connectivity index (χ2n) is 5.30. The Labute approximate surface area is 139 Å². The van der Waals surface area contributed by atoms with Gasteiger partial charge in [0.1, 0.15) is 6.07 Å². The van der Waals surface area contributed by atoms with E-state index < -0.39 is 13.9 Å². The maximum atomic E-state index is 11.0. The third-order valence-electron chi connectivity index (χ3n) is 3.27. The van der Waals surface area contributed by atoms with Crippen LogP contribution in [-0.2, 0) is 9.09 Å². The number of aromatic nitrogens is 3. The van der Waals surface area contributed by atoms with Crippen LogP contribution in [0, 0.1) is 18.3 Å². The first-order valence-corrected chi connectivity index (χ1v) is 8.48. The van der Waals surface area contributed by atoms with Gasteiger partial charge in [-0.3, -0.25) is 4.57 Å². The molecule has 0 spiro atoms. The Balaban J connectivity index is 2.63. The Morgan fingerprint density at radius 3 is 2.75 bits per heavy atom. The van der Waals surface area contributed by atoms with Crippen molar-refractivity contribution >= 4 is 13.4 Å². The molecular weight excluding hydrogens is 331 g/mol. The molecule has 2 aromatic rings. The molecule has 8 nitrogen and oxygen atoms in total. The van der Waals surface area contributed by atoms with Crippen molar-refractivity contribution in [2.45, 2.75) is 26.9 Å². The molecule has 0 saturated carbocycles. The lowest BCUT2D eigenvalue weighted by Gasteiger charge is -2.23. The van der Waals surface area contributed by atoms with Crippen LogP contribution in [0.1, 0.15) is 42.6 Å². The topological polar surface area (TPSA) is 124 Å². The van der Waals surface area contributed by atoms with E-state index in [-0.39, 0.29) is 5.69 Å². The molecule has 0 fully saturated rings. The quantitative estimate of drug-likeness (QED) is 0.820. The standard InChI is InChI=1S/C15H17N4O4P/c1-9(2)14-6-5-13(11(4)23-24(20,21)22)15(17-14)19-10(3)7-12(8-16)18-19/h5-7,11H,1H2,2-4H3,(H2,20,21,22)/p-1/t11-/m0/s1. The molecule has 0 aliphatic heterocycles. The minimum atomic E-state index is -4.92. The Bertz CT molecular complexity index is 878. The molecule has 0 aliphatic carbocycles. The molecular formula is C15H16N4O4P-.